The zero-order valence-corrected chi connectivity index (χ0v) is 21.7. The molecule has 180 valence electrons. The fourth-order valence-corrected chi connectivity index (χ4v) is 4.85. The first-order valence-electron chi connectivity index (χ1n) is 11.9. The third-order valence-corrected chi connectivity index (χ3v) is 7.04. The zero-order valence-electron chi connectivity index (χ0n) is 20.9. The maximum atomic E-state index is 13.2. The van der Waals surface area contributed by atoms with Crippen LogP contribution in [0.4, 0.5) is 5.69 Å². The maximum absolute atomic E-state index is 13.2. The normalized spacial score (nSPS) is 14.7. The molecule has 0 N–H and O–H groups in total. The summed E-state index contributed by atoms with van der Waals surface area (Å²) in [5.74, 6) is 1.72. The highest BCUT2D eigenvalue weighted by Crippen LogP contribution is 2.39. The molecule has 0 atom stereocenters. The molecular formula is C28H33ClN2O3. The Hall–Kier alpha value is -2.92. The van der Waals surface area contributed by atoms with Gasteiger partial charge in [-0.25, -0.2) is 0 Å². The first-order valence-corrected chi connectivity index (χ1v) is 12.2. The van der Waals surface area contributed by atoms with E-state index < -0.39 is 0 Å². The monoisotopic (exact) mass is 480 g/mol. The highest BCUT2D eigenvalue weighted by Gasteiger charge is 2.23. The van der Waals surface area contributed by atoms with Crippen molar-refractivity contribution < 1.29 is 13.9 Å². The Bertz CT molecular complexity index is 1270. The summed E-state index contributed by atoms with van der Waals surface area (Å²) in [5, 5.41) is 1.80. The Balaban J connectivity index is 1.57. The number of hydrogen-bond donors (Lipinski definition) is 0. The summed E-state index contributed by atoms with van der Waals surface area (Å²) in [5.41, 5.74) is 7.11. The highest BCUT2D eigenvalue weighted by atomic mass is 35.5. The molecule has 1 aliphatic rings. The number of halogens is 1. The van der Waals surface area contributed by atoms with Crippen LogP contribution in [-0.4, -0.2) is 43.6 Å². The smallest absolute Gasteiger partial charge is 0.246 e. The summed E-state index contributed by atoms with van der Waals surface area (Å²) >= 11 is 6.21. The van der Waals surface area contributed by atoms with E-state index in [2.05, 4.69) is 24.8 Å². The predicted octanol–water partition coefficient (Wildman–Crippen LogP) is 6.47. The van der Waals surface area contributed by atoms with Gasteiger partial charge in [-0.3, -0.25) is 4.79 Å². The molecule has 3 aromatic rings. The van der Waals surface area contributed by atoms with Crippen molar-refractivity contribution in [3.05, 3.63) is 63.4 Å². The molecule has 5 nitrogen and oxygen atoms in total. The SMILES string of the molecule is CCOc1c(/C(C)=C/C(=O)N2CCN(c3cc(Cl)ccc3C)CC2)cc2c(C)c(C)oc2c1C. The summed E-state index contributed by atoms with van der Waals surface area (Å²) in [6.07, 6.45) is 1.74. The lowest BCUT2D eigenvalue weighted by Crippen LogP contribution is -2.48. The number of allylic oxidation sites excluding steroid dienone is 1. The zero-order chi connectivity index (χ0) is 24.6. The first kappa shape index (κ1) is 24.2. The van der Waals surface area contributed by atoms with Crippen LogP contribution < -0.4 is 9.64 Å². The lowest BCUT2D eigenvalue weighted by Gasteiger charge is -2.36. The topological polar surface area (TPSA) is 45.9 Å². The molecule has 6 heteroatoms. The lowest BCUT2D eigenvalue weighted by atomic mass is 9.98. The number of rotatable bonds is 5. The van der Waals surface area contributed by atoms with Gasteiger partial charge in [0, 0.05) is 59.5 Å². The van der Waals surface area contributed by atoms with Crippen LogP contribution in [0.3, 0.4) is 0 Å². The maximum Gasteiger partial charge on any atom is 0.246 e. The van der Waals surface area contributed by atoms with Crippen molar-refractivity contribution in [3.63, 3.8) is 0 Å². The number of fused-ring (bicyclic) bond motifs is 1. The molecule has 4 rings (SSSR count). The Labute approximate surface area is 206 Å². The van der Waals surface area contributed by atoms with E-state index in [1.807, 2.05) is 50.8 Å². The number of anilines is 1. The molecule has 2 heterocycles. The van der Waals surface area contributed by atoms with Crippen LogP contribution in [0.1, 0.15) is 41.9 Å². The van der Waals surface area contributed by atoms with E-state index in [9.17, 15) is 4.79 Å². The van der Waals surface area contributed by atoms with Gasteiger partial charge in [-0.2, -0.15) is 0 Å². The van der Waals surface area contributed by atoms with E-state index in [-0.39, 0.29) is 5.91 Å². The van der Waals surface area contributed by atoms with E-state index in [1.54, 1.807) is 6.08 Å². The first-order chi connectivity index (χ1) is 16.2. The van der Waals surface area contributed by atoms with Crippen molar-refractivity contribution >= 4 is 39.7 Å². The minimum absolute atomic E-state index is 0.0280. The lowest BCUT2D eigenvalue weighted by molar-refractivity contribution is -0.126. The quantitative estimate of drug-likeness (QED) is 0.392. The van der Waals surface area contributed by atoms with Crippen molar-refractivity contribution in [2.45, 2.75) is 41.5 Å². The molecule has 34 heavy (non-hydrogen) atoms. The number of carbonyl (C=O) groups is 1. The number of carbonyl (C=O) groups excluding carboxylic acids is 1. The largest absolute Gasteiger partial charge is 0.493 e. The number of nitrogens with zero attached hydrogens (tertiary/aromatic N) is 2. The third-order valence-electron chi connectivity index (χ3n) is 6.80. The summed E-state index contributed by atoms with van der Waals surface area (Å²) in [6.45, 7) is 15.6. The van der Waals surface area contributed by atoms with E-state index in [0.29, 0.717) is 19.7 Å². The molecule has 1 amide bonds. The average Bonchev–Trinajstić information content (AvgIpc) is 3.11. The van der Waals surface area contributed by atoms with Crippen molar-refractivity contribution in [1.82, 2.24) is 4.90 Å². The van der Waals surface area contributed by atoms with Crippen molar-refractivity contribution in [1.29, 1.82) is 0 Å². The van der Waals surface area contributed by atoms with E-state index in [1.165, 1.54) is 5.56 Å². The Morgan fingerprint density at radius 1 is 1.09 bits per heavy atom. The van der Waals surface area contributed by atoms with Gasteiger partial charge >= 0.3 is 0 Å². The van der Waals surface area contributed by atoms with E-state index in [4.69, 9.17) is 20.8 Å². The van der Waals surface area contributed by atoms with Gasteiger partial charge in [-0.1, -0.05) is 17.7 Å². The van der Waals surface area contributed by atoms with Gasteiger partial charge in [0.15, 0.2) is 0 Å². The Kier molecular flexibility index (Phi) is 6.94. The number of hydrogen-bond acceptors (Lipinski definition) is 4. The predicted molar refractivity (Wildman–Crippen MR) is 140 cm³/mol. The van der Waals surface area contributed by atoms with Crippen molar-refractivity contribution in [2.24, 2.45) is 0 Å². The molecule has 1 aromatic heterocycles. The second kappa shape index (κ2) is 9.75. The number of furan rings is 1. The van der Waals surface area contributed by atoms with Crippen molar-refractivity contribution in [2.75, 3.05) is 37.7 Å². The van der Waals surface area contributed by atoms with E-state index in [0.717, 1.165) is 68.5 Å². The number of aryl methyl sites for hydroxylation is 4. The molecule has 0 aliphatic carbocycles. The summed E-state index contributed by atoms with van der Waals surface area (Å²) < 4.78 is 12.0. The van der Waals surface area contributed by atoms with Crippen LogP contribution >= 0.6 is 11.6 Å². The van der Waals surface area contributed by atoms with Crippen molar-refractivity contribution in [3.8, 4) is 5.75 Å². The van der Waals surface area contributed by atoms with Crippen LogP contribution in [0, 0.1) is 27.7 Å². The summed E-state index contributed by atoms with van der Waals surface area (Å²) in [4.78, 5) is 17.4. The van der Waals surface area contributed by atoms with Gasteiger partial charge < -0.3 is 19.0 Å². The van der Waals surface area contributed by atoms with Gasteiger partial charge in [-0.15, -0.1) is 0 Å². The number of piperazine rings is 1. The van der Waals surface area contributed by atoms with Gasteiger partial charge in [0.25, 0.3) is 0 Å². The molecule has 0 bridgehead atoms. The second-order valence-corrected chi connectivity index (χ2v) is 9.48. The van der Waals surface area contributed by atoms with Crippen LogP contribution in [0.25, 0.3) is 16.5 Å². The van der Waals surface area contributed by atoms with Crippen LogP contribution in [0.2, 0.25) is 5.02 Å². The Morgan fingerprint density at radius 3 is 2.47 bits per heavy atom. The standard InChI is InChI=1S/C28H33ClN2O3/c1-7-33-27-20(5)28-24(19(4)21(6)34-28)16-23(27)18(3)14-26(32)31-12-10-30(11-13-31)25-15-22(29)9-8-17(25)2/h8-9,14-16H,7,10-13H2,1-6H3/b18-14+. The molecule has 1 saturated heterocycles. The molecule has 0 unspecified atom stereocenters. The molecule has 0 saturated carbocycles. The van der Waals surface area contributed by atoms with Gasteiger partial charge in [0.05, 0.1) is 6.61 Å². The second-order valence-electron chi connectivity index (χ2n) is 9.04. The van der Waals surface area contributed by atoms with Crippen LogP contribution in [0.15, 0.2) is 34.8 Å². The van der Waals surface area contributed by atoms with Crippen LogP contribution in [0.5, 0.6) is 5.75 Å². The molecular weight excluding hydrogens is 448 g/mol. The highest BCUT2D eigenvalue weighted by molar-refractivity contribution is 6.30. The number of ether oxygens (including phenoxy) is 1. The van der Waals surface area contributed by atoms with Crippen LogP contribution in [-0.2, 0) is 4.79 Å². The number of benzene rings is 2. The molecule has 1 aliphatic heterocycles. The third kappa shape index (κ3) is 4.54. The molecule has 0 radical (unpaired) electrons. The average molecular weight is 481 g/mol. The molecule has 0 spiro atoms. The molecule has 2 aromatic carbocycles. The van der Waals surface area contributed by atoms with Gasteiger partial charge in [0.1, 0.15) is 17.1 Å². The van der Waals surface area contributed by atoms with Gasteiger partial charge in [-0.05, 0) is 76.4 Å². The Morgan fingerprint density at radius 2 is 1.79 bits per heavy atom. The fraction of sp³-hybridized carbons (Fsp3) is 0.393. The van der Waals surface area contributed by atoms with Gasteiger partial charge in [0.2, 0.25) is 5.91 Å². The fourth-order valence-electron chi connectivity index (χ4n) is 4.68. The van der Waals surface area contributed by atoms with E-state index >= 15 is 0 Å². The number of amides is 1. The minimum Gasteiger partial charge on any atom is -0.493 e. The molecule has 1 fully saturated rings. The summed E-state index contributed by atoms with van der Waals surface area (Å²) in [7, 11) is 0. The minimum atomic E-state index is 0.0280. The summed E-state index contributed by atoms with van der Waals surface area (Å²) in [6, 6.07) is 8.05.